The maximum atomic E-state index is 14.3. The number of allylic oxidation sites excluding steroid dienone is 1. The minimum absolute atomic E-state index is 0.0108. The van der Waals surface area contributed by atoms with Crippen LogP contribution in [-0.2, 0) is 28.7 Å². The highest BCUT2D eigenvalue weighted by Crippen LogP contribution is 2.41. The molecule has 3 aliphatic rings. The monoisotopic (exact) mass is 755 g/mol. The van der Waals surface area contributed by atoms with Gasteiger partial charge in [0.2, 0.25) is 11.7 Å². The van der Waals surface area contributed by atoms with E-state index in [0.717, 1.165) is 49.6 Å². The van der Waals surface area contributed by atoms with Crippen molar-refractivity contribution in [1.82, 2.24) is 34.0 Å². The third kappa shape index (κ3) is 6.94. The minimum Gasteiger partial charge on any atom is -0.504 e. The van der Waals surface area contributed by atoms with E-state index in [1.54, 1.807) is 11.5 Å². The Morgan fingerprint density at radius 1 is 1.13 bits per heavy atom. The summed E-state index contributed by atoms with van der Waals surface area (Å²) in [7, 11) is 0. The first-order valence-electron chi connectivity index (χ1n) is 17.4. The standard InChI is InChI=1S/C35H37ClF3N9O5/c1-3-25-28(45-12-14-46(15-13-45)31(51)27-29(50)20(2)40-19-41-27)32(52)48-33(43-30(44-48)21-7-10-34(11-8-21)9-4-16-53-34)47(25)18-26(49)42-24-6-5-22(17-23(24)36)35(37,38)39/h5-7,17,19,50H,3-4,8-16,18H2,1-2H3,(H,42,49). The molecule has 2 N–H and O–H groups in total. The Kier molecular flexibility index (Phi) is 9.65. The molecule has 1 aliphatic carbocycles. The molecule has 1 atom stereocenters. The molecule has 3 aromatic heterocycles. The van der Waals surface area contributed by atoms with Gasteiger partial charge in [-0.2, -0.15) is 22.7 Å². The van der Waals surface area contributed by atoms with Crippen molar-refractivity contribution in [3.8, 4) is 5.75 Å². The van der Waals surface area contributed by atoms with Gasteiger partial charge in [0.25, 0.3) is 11.5 Å². The van der Waals surface area contributed by atoms with Crippen LogP contribution in [-0.4, -0.2) is 89.3 Å². The van der Waals surface area contributed by atoms with Gasteiger partial charge in [-0.05, 0) is 69.2 Å². The number of nitrogens with one attached hydrogen (secondary N) is 1. The van der Waals surface area contributed by atoms with Crippen LogP contribution in [0.4, 0.5) is 24.5 Å². The summed E-state index contributed by atoms with van der Waals surface area (Å²) < 4.78 is 48.6. The maximum absolute atomic E-state index is 14.3. The van der Waals surface area contributed by atoms with Crippen molar-refractivity contribution < 1.29 is 32.6 Å². The number of fused-ring (bicyclic) bond motifs is 1. The van der Waals surface area contributed by atoms with Crippen LogP contribution in [0.15, 0.2) is 35.4 Å². The third-order valence-corrected chi connectivity index (χ3v) is 10.5. The number of piperazine rings is 1. The summed E-state index contributed by atoms with van der Waals surface area (Å²) in [6.45, 7) is 4.65. The summed E-state index contributed by atoms with van der Waals surface area (Å²) in [6.07, 6.45) is 3.04. The molecule has 0 bridgehead atoms. The number of nitrogens with zero attached hydrogens (tertiary/aromatic N) is 8. The van der Waals surface area contributed by atoms with Crippen LogP contribution >= 0.6 is 11.6 Å². The van der Waals surface area contributed by atoms with Crippen LogP contribution in [0.5, 0.6) is 5.75 Å². The Morgan fingerprint density at radius 3 is 2.55 bits per heavy atom. The summed E-state index contributed by atoms with van der Waals surface area (Å²) in [5, 5.41) is 17.4. The third-order valence-electron chi connectivity index (χ3n) is 10.2. The molecule has 0 radical (unpaired) electrons. The lowest BCUT2D eigenvalue weighted by Crippen LogP contribution is -2.51. The van der Waals surface area contributed by atoms with Crippen LogP contribution in [0, 0.1) is 6.92 Å². The lowest BCUT2D eigenvalue weighted by Gasteiger charge is -2.36. The molecule has 2 saturated heterocycles. The summed E-state index contributed by atoms with van der Waals surface area (Å²) in [5.74, 6) is -0.903. The van der Waals surface area contributed by atoms with Crippen molar-refractivity contribution in [2.24, 2.45) is 0 Å². The fraction of sp³-hybridized carbons (Fsp3) is 0.457. The van der Waals surface area contributed by atoms with E-state index < -0.39 is 29.1 Å². The number of hydrogen-bond acceptors (Lipinski definition) is 10. The second kappa shape index (κ2) is 14.1. The summed E-state index contributed by atoms with van der Waals surface area (Å²) >= 11 is 6.15. The molecule has 7 rings (SSSR count). The maximum Gasteiger partial charge on any atom is 0.416 e. The number of rotatable bonds is 7. The van der Waals surface area contributed by atoms with E-state index in [0.29, 0.717) is 30.8 Å². The summed E-state index contributed by atoms with van der Waals surface area (Å²) in [6, 6.07) is 2.66. The number of anilines is 2. The number of amides is 2. The second-order valence-corrected chi connectivity index (χ2v) is 13.8. The molecule has 0 saturated carbocycles. The molecule has 53 heavy (non-hydrogen) atoms. The fourth-order valence-corrected chi connectivity index (χ4v) is 7.52. The van der Waals surface area contributed by atoms with Crippen molar-refractivity contribution in [2.75, 3.05) is 43.0 Å². The highest BCUT2D eigenvalue weighted by Gasteiger charge is 2.37. The van der Waals surface area contributed by atoms with Gasteiger partial charge in [0.05, 0.1) is 33.3 Å². The second-order valence-electron chi connectivity index (χ2n) is 13.4. The van der Waals surface area contributed by atoms with Gasteiger partial charge in [-0.3, -0.25) is 14.4 Å². The largest absolute Gasteiger partial charge is 0.504 e. The van der Waals surface area contributed by atoms with E-state index >= 15 is 0 Å². The Balaban J connectivity index is 1.23. The van der Waals surface area contributed by atoms with Crippen molar-refractivity contribution >= 4 is 46.1 Å². The SMILES string of the molecule is CCc1c(N2CCN(C(=O)c3ncnc(C)c3O)CC2)c(=O)n2nc(C3=CCC4(CCCO4)CC3)nc2n1CC(=O)Nc1ccc(C(F)(F)F)cc1Cl. The average Bonchev–Trinajstić information content (AvgIpc) is 3.79. The number of aryl methyl sites for hydroxylation is 1. The van der Waals surface area contributed by atoms with E-state index in [-0.39, 0.29) is 77.6 Å². The Hall–Kier alpha value is -5.03. The lowest BCUT2D eigenvalue weighted by molar-refractivity contribution is -0.137. The molecule has 4 aromatic rings. The molecule has 1 unspecified atom stereocenters. The first-order chi connectivity index (χ1) is 25.3. The van der Waals surface area contributed by atoms with E-state index in [9.17, 15) is 32.7 Å². The summed E-state index contributed by atoms with van der Waals surface area (Å²) in [4.78, 5) is 57.2. The topological polar surface area (TPSA) is 160 Å². The molecule has 2 amide bonds. The van der Waals surface area contributed by atoms with Crippen LogP contribution in [0.3, 0.4) is 0 Å². The van der Waals surface area contributed by atoms with Gasteiger partial charge in [0.1, 0.15) is 18.6 Å². The van der Waals surface area contributed by atoms with Gasteiger partial charge in [-0.15, -0.1) is 5.10 Å². The molecule has 2 aliphatic heterocycles. The predicted molar refractivity (Wildman–Crippen MR) is 188 cm³/mol. The van der Waals surface area contributed by atoms with Crippen LogP contribution in [0.25, 0.3) is 11.4 Å². The average molecular weight is 756 g/mol. The van der Waals surface area contributed by atoms with Gasteiger partial charge in [-0.25, -0.2) is 9.97 Å². The minimum atomic E-state index is -4.61. The lowest BCUT2D eigenvalue weighted by atomic mass is 9.83. The van der Waals surface area contributed by atoms with Crippen molar-refractivity contribution in [2.45, 2.75) is 70.7 Å². The summed E-state index contributed by atoms with van der Waals surface area (Å²) in [5.41, 5.74) is 0.173. The van der Waals surface area contributed by atoms with Gasteiger partial charge < -0.3 is 29.5 Å². The number of aromatic hydroxyl groups is 1. The Labute approximate surface area is 306 Å². The van der Waals surface area contributed by atoms with Gasteiger partial charge in [0.15, 0.2) is 17.3 Å². The zero-order chi connectivity index (χ0) is 37.7. The van der Waals surface area contributed by atoms with Crippen LogP contribution < -0.4 is 15.8 Å². The number of hydrogen-bond donors (Lipinski definition) is 2. The fourth-order valence-electron chi connectivity index (χ4n) is 7.29. The number of ether oxygens (including phenoxy) is 1. The molecule has 1 aromatic carbocycles. The van der Waals surface area contributed by atoms with E-state index in [1.807, 2.05) is 17.9 Å². The highest BCUT2D eigenvalue weighted by molar-refractivity contribution is 6.33. The molecule has 2 fully saturated rings. The van der Waals surface area contributed by atoms with Crippen molar-refractivity contribution in [3.63, 3.8) is 0 Å². The van der Waals surface area contributed by atoms with Crippen molar-refractivity contribution in [3.05, 3.63) is 74.4 Å². The first kappa shape index (κ1) is 36.3. The molecule has 1 spiro atoms. The Bertz CT molecular complexity index is 2190. The molecule has 5 heterocycles. The quantitative estimate of drug-likeness (QED) is 0.272. The zero-order valence-electron chi connectivity index (χ0n) is 29.0. The molecule has 14 nitrogen and oxygen atoms in total. The number of halogens is 4. The van der Waals surface area contributed by atoms with E-state index in [2.05, 4.69) is 20.4 Å². The molecular weight excluding hydrogens is 719 g/mol. The van der Waals surface area contributed by atoms with Gasteiger partial charge >= 0.3 is 6.18 Å². The van der Waals surface area contributed by atoms with E-state index in [1.165, 1.54) is 15.7 Å². The zero-order valence-corrected chi connectivity index (χ0v) is 29.8. The van der Waals surface area contributed by atoms with Gasteiger partial charge in [-0.1, -0.05) is 24.6 Å². The van der Waals surface area contributed by atoms with Gasteiger partial charge in [0, 0.05) is 32.8 Å². The molecule has 280 valence electrons. The highest BCUT2D eigenvalue weighted by atomic mass is 35.5. The smallest absolute Gasteiger partial charge is 0.416 e. The number of benzene rings is 1. The number of alkyl halides is 3. The first-order valence-corrected chi connectivity index (χ1v) is 17.7. The molecule has 18 heteroatoms. The predicted octanol–water partition coefficient (Wildman–Crippen LogP) is 4.65. The van der Waals surface area contributed by atoms with Crippen LogP contribution in [0.1, 0.15) is 72.3 Å². The number of carbonyl (C=O) groups is 2. The van der Waals surface area contributed by atoms with Crippen molar-refractivity contribution in [1.29, 1.82) is 0 Å². The number of carbonyl (C=O) groups excluding carboxylic acids is 2. The number of aromatic nitrogens is 6. The molecular formula is C35H37ClF3N9O5. The van der Waals surface area contributed by atoms with E-state index in [4.69, 9.17) is 21.3 Å². The Morgan fingerprint density at radius 2 is 1.91 bits per heavy atom. The normalized spacial score (nSPS) is 19.2. The van der Waals surface area contributed by atoms with Crippen LogP contribution in [0.2, 0.25) is 5.02 Å².